The van der Waals surface area contributed by atoms with E-state index in [4.69, 9.17) is 10.5 Å². The number of hydrogen-bond acceptors (Lipinski definition) is 4. The number of ether oxygens (including phenoxy) is 1. The standard InChI is InChI=1S/C11H13F3N2O3/c1-19-10-3-2-7(6-9(10)16(17)18)8(15)4-5-11(12,13)14/h2-3,6,8H,4-5,15H2,1H3/t8-/m0/s1. The van der Waals surface area contributed by atoms with E-state index < -0.39 is 23.6 Å². The number of nitrogens with two attached hydrogens (primary N) is 1. The van der Waals surface area contributed by atoms with Crippen LogP contribution in [0.15, 0.2) is 18.2 Å². The van der Waals surface area contributed by atoms with Crippen LogP contribution in [0.25, 0.3) is 0 Å². The molecule has 5 nitrogen and oxygen atoms in total. The van der Waals surface area contributed by atoms with Crippen molar-refractivity contribution in [3.63, 3.8) is 0 Å². The summed E-state index contributed by atoms with van der Waals surface area (Å²) in [6.45, 7) is 0. The second-order valence-corrected chi connectivity index (χ2v) is 3.95. The molecule has 106 valence electrons. The van der Waals surface area contributed by atoms with Crippen molar-refractivity contribution < 1.29 is 22.8 Å². The molecule has 8 heteroatoms. The largest absolute Gasteiger partial charge is 0.490 e. The summed E-state index contributed by atoms with van der Waals surface area (Å²) in [5.41, 5.74) is 5.56. The molecule has 2 N–H and O–H groups in total. The lowest BCUT2D eigenvalue weighted by Crippen LogP contribution is -2.16. The minimum absolute atomic E-state index is 0.0387. The monoisotopic (exact) mass is 278 g/mol. The number of nitrogens with zero attached hydrogens (tertiary/aromatic N) is 1. The summed E-state index contributed by atoms with van der Waals surface area (Å²) in [6, 6.07) is 2.97. The molecule has 0 aliphatic rings. The number of halogens is 3. The molecule has 0 amide bonds. The van der Waals surface area contributed by atoms with Crippen molar-refractivity contribution in [2.45, 2.75) is 25.1 Å². The van der Waals surface area contributed by atoms with Crippen LogP contribution >= 0.6 is 0 Å². The Kier molecular flexibility index (Phi) is 4.71. The van der Waals surface area contributed by atoms with Gasteiger partial charge in [-0.2, -0.15) is 13.2 Å². The van der Waals surface area contributed by atoms with E-state index in [0.29, 0.717) is 0 Å². The van der Waals surface area contributed by atoms with Gasteiger partial charge in [0.15, 0.2) is 5.75 Å². The molecule has 0 fully saturated rings. The average Bonchev–Trinajstić information content (AvgIpc) is 2.34. The molecular weight excluding hydrogens is 265 g/mol. The molecule has 0 radical (unpaired) electrons. The van der Waals surface area contributed by atoms with Crippen molar-refractivity contribution in [1.29, 1.82) is 0 Å². The third kappa shape index (κ3) is 4.40. The van der Waals surface area contributed by atoms with E-state index in [-0.39, 0.29) is 23.4 Å². The number of rotatable bonds is 5. The van der Waals surface area contributed by atoms with Crippen LogP contribution in [0.5, 0.6) is 5.75 Å². The molecule has 19 heavy (non-hydrogen) atoms. The van der Waals surface area contributed by atoms with Crippen LogP contribution in [0.3, 0.4) is 0 Å². The number of nitro groups is 1. The summed E-state index contributed by atoms with van der Waals surface area (Å²) in [5.74, 6) is 0.0387. The lowest BCUT2D eigenvalue weighted by Gasteiger charge is -2.14. The summed E-state index contributed by atoms with van der Waals surface area (Å²) >= 11 is 0. The van der Waals surface area contributed by atoms with Gasteiger partial charge in [0.2, 0.25) is 0 Å². The Balaban J connectivity index is 2.89. The highest BCUT2D eigenvalue weighted by Crippen LogP contribution is 2.32. The van der Waals surface area contributed by atoms with E-state index in [1.807, 2.05) is 0 Å². The van der Waals surface area contributed by atoms with Crippen LogP contribution in [-0.2, 0) is 0 Å². The molecule has 0 spiro atoms. The summed E-state index contributed by atoms with van der Waals surface area (Å²) in [4.78, 5) is 10.1. The normalized spacial score (nSPS) is 13.1. The van der Waals surface area contributed by atoms with E-state index in [9.17, 15) is 23.3 Å². The Morgan fingerprint density at radius 1 is 1.47 bits per heavy atom. The van der Waals surface area contributed by atoms with Crippen LogP contribution < -0.4 is 10.5 Å². The second-order valence-electron chi connectivity index (χ2n) is 3.95. The topological polar surface area (TPSA) is 78.4 Å². The molecule has 0 bridgehead atoms. The fourth-order valence-corrected chi connectivity index (χ4v) is 1.57. The minimum atomic E-state index is -4.30. The fraction of sp³-hybridized carbons (Fsp3) is 0.455. The molecule has 0 unspecified atom stereocenters. The third-order valence-electron chi connectivity index (χ3n) is 2.57. The minimum Gasteiger partial charge on any atom is -0.490 e. The van der Waals surface area contributed by atoms with Crippen molar-refractivity contribution in [3.05, 3.63) is 33.9 Å². The molecule has 1 rings (SSSR count). The quantitative estimate of drug-likeness (QED) is 0.663. The van der Waals surface area contributed by atoms with Crippen LogP contribution in [-0.4, -0.2) is 18.2 Å². The molecule has 0 aliphatic carbocycles. The zero-order valence-corrected chi connectivity index (χ0v) is 10.1. The average molecular weight is 278 g/mol. The highest BCUT2D eigenvalue weighted by molar-refractivity contribution is 5.49. The van der Waals surface area contributed by atoms with E-state index in [2.05, 4.69) is 0 Å². The molecule has 0 saturated heterocycles. The molecule has 1 aromatic rings. The van der Waals surface area contributed by atoms with Gasteiger partial charge in [0.05, 0.1) is 12.0 Å². The number of methoxy groups -OCH3 is 1. The van der Waals surface area contributed by atoms with Crippen molar-refractivity contribution >= 4 is 5.69 Å². The number of alkyl halides is 3. The predicted octanol–water partition coefficient (Wildman–Crippen LogP) is 2.95. The van der Waals surface area contributed by atoms with Gasteiger partial charge in [0, 0.05) is 18.5 Å². The Morgan fingerprint density at radius 2 is 2.11 bits per heavy atom. The first-order valence-corrected chi connectivity index (χ1v) is 5.39. The zero-order chi connectivity index (χ0) is 14.6. The van der Waals surface area contributed by atoms with Crippen LogP contribution in [0.2, 0.25) is 0 Å². The van der Waals surface area contributed by atoms with Gasteiger partial charge in [-0.15, -0.1) is 0 Å². The summed E-state index contributed by atoms with van der Waals surface area (Å²) < 4.78 is 41.0. The zero-order valence-electron chi connectivity index (χ0n) is 10.1. The van der Waals surface area contributed by atoms with Gasteiger partial charge in [-0.3, -0.25) is 10.1 Å². The maximum atomic E-state index is 12.1. The Labute approximate surface area is 107 Å². The van der Waals surface area contributed by atoms with Gasteiger partial charge in [-0.1, -0.05) is 6.07 Å². The molecular formula is C11H13F3N2O3. The lowest BCUT2D eigenvalue weighted by molar-refractivity contribution is -0.385. The molecule has 1 atom stereocenters. The summed E-state index contributed by atoms with van der Waals surface area (Å²) in [5, 5.41) is 10.8. The van der Waals surface area contributed by atoms with Crippen molar-refractivity contribution in [2.24, 2.45) is 5.73 Å². The first kappa shape index (κ1) is 15.2. The molecule has 0 aliphatic heterocycles. The van der Waals surface area contributed by atoms with E-state index in [0.717, 1.165) is 6.07 Å². The van der Waals surface area contributed by atoms with Crippen molar-refractivity contribution in [2.75, 3.05) is 7.11 Å². The molecule has 1 aromatic carbocycles. The Hall–Kier alpha value is -1.83. The highest BCUT2D eigenvalue weighted by atomic mass is 19.4. The molecule has 0 heterocycles. The number of benzene rings is 1. The predicted molar refractivity (Wildman–Crippen MR) is 61.9 cm³/mol. The van der Waals surface area contributed by atoms with E-state index in [1.165, 1.54) is 19.2 Å². The van der Waals surface area contributed by atoms with Crippen LogP contribution in [0.4, 0.5) is 18.9 Å². The van der Waals surface area contributed by atoms with Crippen molar-refractivity contribution in [3.8, 4) is 5.75 Å². The maximum absolute atomic E-state index is 12.1. The van der Waals surface area contributed by atoms with Gasteiger partial charge in [-0.05, 0) is 18.1 Å². The van der Waals surface area contributed by atoms with Gasteiger partial charge in [0.25, 0.3) is 0 Å². The smallest absolute Gasteiger partial charge is 0.389 e. The summed E-state index contributed by atoms with van der Waals surface area (Å²) in [6.07, 6.45) is -5.66. The van der Waals surface area contributed by atoms with Crippen LogP contribution in [0.1, 0.15) is 24.4 Å². The highest BCUT2D eigenvalue weighted by Gasteiger charge is 2.28. The van der Waals surface area contributed by atoms with Gasteiger partial charge in [-0.25, -0.2) is 0 Å². The van der Waals surface area contributed by atoms with E-state index >= 15 is 0 Å². The Morgan fingerprint density at radius 3 is 2.58 bits per heavy atom. The fourth-order valence-electron chi connectivity index (χ4n) is 1.57. The SMILES string of the molecule is COc1ccc([C@@H](N)CCC(F)(F)F)cc1[N+](=O)[O-]. The lowest BCUT2D eigenvalue weighted by atomic mass is 10.0. The van der Waals surface area contributed by atoms with Crippen LogP contribution in [0, 0.1) is 10.1 Å². The van der Waals surface area contributed by atoms with Gasteiger partial charge >= 0.3 is 11.9 Å². The van der Waals surface area contributed by atoms with Crippen molar-refractivity contribution in [1.82, 2.24) is 0 Å². The van der Waals surface area contributed by atoms with Gasteiger partial charge < -0.3 is 10.5 Å². The maximum Gasteiger partial charge on any atom is 0.389 e. The Bertz CT molecular complexity index is 463. The van der Waals surface area contributed by atoms with Gasteiger partial charge in [0.1, 0.15) is 0 Å². The summed E-state index contributed by atoms with van der Waals surface area (Å²) in [7, 11) is 1.27. The van der Waals surface area contributed by atoms with E-state index in [1.54, 1.807) is 0 Å². The molecule has 0 saturated carbocycles. The first-order chi connectivity index (χ1) is 8.74. The second kappa shape index (κ2) is 5.87. The first-order valence-electron chi connectivity index (χ1n) is 5.39. The number of nitro benzene ring substituents is 1. The number of hydrogen-bond donors (Lipinski definition) is 1. The molecule has 0 aromatic heterocycles. The third-order valence-corrected chi connectivity index (χ3v) is 2.57.